The molecule has 0 saturated heterocycles. The number of benzene rings is 2. The van der Waals surface area contributed by atoms with Crippen LogP contribution in [0.1, 0.15) is 5.56 Å². The SMILES string of the molecule is C[n+]1cc(-c2ccccc2)n(Cc2ccccc2)n1.[I-]. The maximum absolute atomic E-state index is 4.52. The summed E-state index contributed by atoms with van der Waals surface area (Å²) in [4.78, 5) is 0. The lowest BCUT2D eigenvalue weighted by Gasteiger charge is -1.99. The molecule has 3 aromatic rings. The van der Waals surface area contributed by atoms with E-state index in [1.165, 1.54) is 11.1 Å². The molecule has 3 rings (SSSR count). The van der Waals surface area contributed by atoms with Crippen molar-refractivity contribution in [2.75, 3.05) is 0 Å². The van der Waals surface area contributed by atoms with Crippen molar-refractivity contribution in [2.45, 2.75) is 6.54 Å². The number of halogens is 1. The molecule has 0 spiro atoms. The highest BCUT2D eigenvalue weighted by Gasteiger charge is 2.15. The standard InChI is InChI=1S/C16H16N3.HI/c1-18-13-16(15-10-6-3-7-11-15)19(17-18)12-14-8-4-2-5-9-14;/h2-11,13H,12H2,1H3;1H/q+1;/p-1. The third kappa shape index (κ3) is 3.25. The van der Waals surface area contributed by atoms with Crippen molar-refractivity contribution in [1.82, 2.24) is 9.90 Å². The highest BCUT2D eigenvalue weighted by atomic mass is 127. The van der Waals surface area contributed by atoms with E-state index in [0.29, 0.717) is 0 Å². The van der Waals surface area contributed by atoms with Gasteiger partial charge in [-0.25, -0.2) is 0 Å². The smallest absolute Gasteiger partial charge is 0.198 e. The lowest BCUT2D eigenvalue weighted by molar-refractivity contribution is -0.732. The summed E-state index contributed by atoms with van der Waals surface area (Å²) in [6, 6.07) is 20.7. The lowest BCUT2D eigenvalue weighted by atomic mass is 10.1. The van der Waals surface area contributed by atoms with Crippen LogP contribution < -0.4 is 28.7 Å². The Morgan fingerprint density at radius 2 is 1.55 bits per heavy atom. The highest BCUT2D eigenvalue weighted by Crippen LogP contribution is 2.17. The fraction of sp³-hybridized carbons (Fsp3) is 0.125. The summed E-state index contributed by atoms with van der Waals surface area (Å²) in [5.41, 5.74) is 3.57. The van der Waals surface area contributed by atoms with Gasteiger partial charge in [-0.05, 0) is 5.56 Å². The van der Waals surface area contributed by atoms with E-state index in [0.717, 1.165) is 12.2 Å². The zero-order valence-electron chi connectivity index (χ0n) is 11.3. The van der Waals surface area contributed by atoms with Crippen LogP contribution in [0, 0.1) is 0 Å². The monoisotopic (exact) mass is 377 g/mol. The molecule has 0 saturated carbocycles. The number of hydrogen-bond donors (Lipinski definition) is 0. The molecule has 0 amide bonds. The Morgan fingerprint density at radius 3 is 2.20 bits per heavy atom. The molecule has 1 aromatic heterocycles. The summed E-state index contributed by atoms with van der Waals surface area (Å²) in [6.45, 7) is 0.784. The predicted molar refractivity (Wildman–Crippen MR) is 74.4 cm³/mol. The summed E-state index contributed by atoms with van der Waals surface area (Å²) in [7, 11) is 1.95. The maximum Gasteiger partial charge on any atom is 0.198 e. The average Bonchev–Trinajstić information content (AvgIpc) is 2.82. The number of aromatic nitrogens is 3. The van der Waals surface area contributed by atoms with Gasteiger partial charge in [0, 0.05) is 5.56 Å². The van der Waals surface area contributed by atoms with Crippen molar-refractivity contribution < 1.29 is 28.7 Å². The van der Waals surface area contributed by atoms with Crippen molar-refractivity contribution in [2.24, 2.45) is 7.05 Å². The first kappa shape index (κ1) is 14.7. The summed E-state index contributed by atoms with van der Waals surface area (Å²) in [5.74, 6) is 0. The average molecular weight is 377 g/mol. The number of rotatable bonds is 3. The molecule has 0 unspecified atom stereocenters. The molecule has 0 aliphatic carbocycles. The second kappa shape index (κ2) is 6.65. The van der Waals surface area contributed by atoms with Crippen molar-refractivity contribution in [3.63, 3.8) is 0 Å². The molecule has 0 atom stereocenters. The van der Waals surface area contributed by atoms with Crippen LogP contribution in [0.2, 0.25) is 0 Å². The Bertz CT molecular complexity index is 663. The Labute approximate surface area is 135 Å². The van der Waals surface area contributed by atoms with Gasteiger partial charge in [-0.2, -0.15) is 0 Å². The Hall–Kier alpha value is -1.69. The van der Waals surface area contributed by atoms with E-state index in [1.54, 1.807) is 0 Å². The van der Waals surface area contributed by atoms with Gasteiger partial charge in [0.05, 0.1) is 5.21 Å². The molecule has 2 aromatic carbocycles. The maximum atomic E-state index is 4.52. The summed E-state index contributed by atoms with van der Waals surface area (Å²) in [6.07, 6.45) is 2.05. The summed E-state index contributed by atoms with van der Waals surface area (Å²) >= 11 is 0. The molecular weight excluding hydrogens is 361 g/mol. The molecule has 0 aliphatic rings. The summed E-state index contributed by atoms with van der Waals surface area (Å²) < 4.78 is 3.88. The van der Waals surface area contributed by atoms with Crippen LogP contribution in [0.15, 0.2) is 66.9 Å². The van der Waals surface area contributed by atoms with E-state index in [2.05, 4.69) is 59.9 Å². The van der Waals surface area contributed by atoms with Gasteiger partial charge in [-0.15, -0.1) is 9.36 Å². The summed E-state index contributed by atoms with van der Waals surface area (Å²) in [5, 5.41) is 4.52. The van der Waals surface area contributed by atoms with Crippen molar-refractivity contribution in [1.29, 1.82) is 0 Å². The van der Waals surface area contributed by atoms with Crippen molar-refractivity contribution >= 4 is 0 Å². The quantitative estimate of drug-likeness (QED) is 0.443. The molecule has 0 aliphatic heterocycles. The fourth-order valence-corrected chi connectivity index (χ4v) is 2.19. The predicted octanol–water partition coefficient (Wildman–Crippen LogP) is -0.573. The lowest BCUT2D eigenvalue weighted by Crippen LogP contribution is -3.00. The second-order valence-electron chi connectivity index (χ2n) is 4.59. The zero-order valence-corrected chi connectivity index (χ0v) is 13.4. The van der Waals surface area contributed by atoms with E-state index >= 15 is 0 Å². The van der Waals surface area contributed by atoms with E-state index < -0.39 is 0 Å². The van der Waals surface area contributed by atoms with Crippen LogP contribution in [0.3, 0.4) is 0 Å². The van der Waals surface area contributed by atoms with Crippen molar-refractivity contribution in [3.05, 3.63) is 72.4 Å². The van der Waals surface area contributed by atoms with Crippen LogP contribution in [-0.4, -0.2) is 9.90 Å². The minimum Gasteiger partial charge on any atom is -1.00 e. The molecule has 0 bridgehead atoms. The van der Waals surface area contributed by atoms with E-state index in [4.69, 9.17) is 0 Å². The van der Waals surface area contributed by atoms with Crippen LogP contribution in [0.25, 0.3) is 11.3 Å². The van der Waals surface area contributed by atoms with E-state index in [9.17, 15) is 0 Å². The molecule has 4 heteroatoms. The number of aryl methyl sites for hydroxylation is 1. The molecule has 0 N–H and O–H groups in total. The van der Waals surface area contributed by atoms with Crippen LogP contribution in [0.5, 0.6) is 0 Å². The molecule has 0 radical (unpaired) electrons. The Morgan fingerprint density at radius 1 is 0.950 bits per heavy atom. The Balaban J connectivity index is 0.00000147. The molecule has 1 heterocycles. The van der Waals surface area contributed by atoms with Gasteiger partial charge < -0.3 is 24.0 Å². The van der Waals surface area contributed by atoms with Gasteiger partial charge in [-0.3, -0.25) is 0 Å². The zero-order chi connectivity index (χ0) is 13.1. The highest BCUT2D eigenvalue weighted by molar-refractivity contribution is 5.57. The van der Waals surface area contributed by atoms with Gasteiger partial charge in [-0.1, -0.05) is 60.7 Å². The fourth-order valence-electron chi connectivity index (χ4n) is 2.19. The minimum absolute atomic E-state index is 0. The largest absolute Gasteiger partial charge is 1.00 e. The molecule has 20 heavy (non-hydrogen) atoms. The number of nitrogens with zero attached hydrogens (tertiary/aromatic N) is 3. The molecule has 3 nitrogen and oxygen atoms in total. The van der Waals surface area contributed by atoms with Gasteiger partial charge in [0.25, 0.3) is 0 Å². The van der Waals surface area contributed by atoms with Gasteiger partial charge in [0.15, 0.2) is 11.9 Å². The Kier molecular flexibility index (Phi) is 4.89. The first-order valence-corrected chi connectivity index (χ1v) is 6.36. The molecule has 0 fully saturated rings. The topological polar surface area (TPSA) is 21.7 Å². The third-order valence-corrected chi connectivity index (χ3v) is 3.08. The van der Waals surface area contributed by atoms with Crippen LogP contribution in [-0.2, 0) is 13.6 Å². The first-order chi connectivity index (χ1) is 9.33. The van der Waals surface area contributed by atoms with Gasteiger partial charge in [0.1, 0.15) is 13.6 Å². The van der Waals surface area contributed by atoms with E-state index in [-0.39, 0.29) is 24.0 Å². The number of hydrogen-bond acceptors (Lipinski definition) is 1. The van der Waals surface area contributed by atoms with Gasteiger partial charge >= 0.3 is 0 Å². The second-order valence-corrected chi connectivity index (χ2v) is 4.59. The first-order valence-electron chi connectivity index (χ1n) is 6.36. The van der Waals surface area contributed by atoms with Gasteiger partial charge in [0.2, 0.25) is 0 Å². The third-order valence-electron chi connectivity index (χ3n) is 3.08. The molecular formula is C16H16IN3. The minimum atomic E-state index is 0. The van der Waals surface area contributed by atoms with E-state index in [1.807, 2.05) is 28.5 Å². The normalized spacial score (nSPS) is 10.1. The van der Waals surface area contributed by atoms with Crippen LogP contribution in [0.4, 0.5) is 0 Å². The van der Waals surface area contributed by atoms with Crippen LogP contribution >= 0.6 is 0 Å². The van der Waals surface area contributed by atoms with Crippen molar-refractivity contribution in [3.8, 4) is 11.3 Å². The molecule has 102 valence electrons.